The molecule has 0 fully saturated rings. The highest BCUT2D eigenvalue weighted by Crippen LogP contribution is 2.33. The van der Waals surface area contributed by atoms with Gasteiger partial charge in [-0.05, 0) is 31.1 Å². The van der Waals surface area contributed by atoms with Crippen LogP contribution in [0.25, 0.3) is 0 Å². The Bertz CT molecular complexity index is 681. The Morgan fingerprint density at radius 2 is 2.12 bits per heavy atom. The number of rotatable bonds is 4. The van der Waals surface area contributed by atoms with Crippen LogP contribution in [0.15, 0.2) is 35.0 Å². The summed E-state index contributed by atoms with van der Waals surface area (Å²) < 4.78 is 39.3. The number of aromatic nitrogens is 1. The SMILES string of the molecule is CN(C)C(=O)c1cc(C2=NC(CCO)CC(C(F)(F)F)=C2)ccn1. The van der Waals surface area contributed by atoms with Gasteiger partial charge in [0.2, 0.25) is 0 Å². The highest BCUT2D eigenvalue weighted by atomic mass is 19.4. The number of aliphatic hydroxyl groups is 1. The van der Waals surface area contributed by atoms with E-state index in [1.807, 2.05) is 0 Å². The van der Waals surface area contributed by atoms with Crippen LogP contribution in [0.1, 0.15) is 28.9 Å². The van der Waals surface area contributed by atoms with E-state index in [2.05, 4.69) is 9.98 Å². The second-order valence-electron chi connectivity index (χ2n) is 5.68. The molecule has 1 unspecified atom stereocenters. The van der Waals surface area contributed by atoms with Crippen LogP contribution in [-0.4, -0.2) is 59.5 Å². The largest absolute Gasteiger partial charge is 0.412 e. The molecule has 5 nitrogen and oxygen atoms in total. The number of aliphatic hydroxyl groups excluding tert-OH is 1. The molecule has 8 heteroatoms. The van der Waals surface area contributed by atoms with E-state index in [4.69, 9.17) is 5.11 Å². The number of carbonyl (C=O) groups is 1. The third kappa shape index (κ3) is 4.19. The summed E-state index contributed by atoms with van der Waals surface area (Å²) in [5, 5.41) is 9.01. The first-order valence-corrected chi connectivity index (χ1v) is 7.37. The lowest BCUT2D eigenvalue weighted by Crippen LogP contribution is -2.25. The lowest BCUT2D eigenvalue weighted by atomic mass is 9.96. The maximum absolute atomic E-state index is 13.1. The van der Waals surface area contributed by atoms with Gasteiger partial charge in [0.05, 0.1) is 11.8 Å². The number of amides is 1. The fraction of sp³-hybridized carbons (Fsp3) is 0.438. The van der Waals surface area contributed by atoms with E-state index >= 15 is 0 Å². The summed E-state index contributed by atoms with van der Waals surface area (Å²) in [5.41, 5.74) is -0.0310. The Labute approximate surface area is 137 Å². The average Bonchev–Trinajstić information content (AvgIpc) is 2.53. The molecule has 2 rings (SSSR count). The summed E-state index contributed by atoms with van der Waals surface area (Å²) in [5.74, 6) is -0.347. The number of hydrogen-bond donors (Lipinski definition) is 1. The van der Waals surface area contributed by atoms with Crippen molar-refractivity contribution in [3.63, 3.8) is 0 Å². The van der Waals surface area contributed by atoms with Crippen molar-refractivity contribution in [1.82, 2.24) is 9.88 Å². The fourth-order valence-electron chi connectivity index (χ4n) is 2.36. The van der Waals surface area contributed by atoms with E-state index in [0.717, 1.165) is 6.08 Å². The van der Waals surface area contributed by atoms with Crippen molar-refractivity contribution in [2.24, 2.45) is 4.99 Å². The summed E-state index contributed by atoms with van der Waals surface area (Å²) in [6.45, 7) is -0.243. The minimum atomic E-state index is -4.45. The number of alkyl halides is 3. The molecule has 1 atom stereocenters. The van der Waals surface area contributed by atoms with Gasteiger partial charge in [0, 0.05) is 38.0 Å². The Kier molecular flexibility index (Phi) is 5.38. The molecule has 0 aliphatic carbocycles. The molecule has 130 valence electrons. The van der Waals surface area contributed by atoms with Crippen LogP contribution in [0.4, 0.5) is 13.2 Å². The summed E-state index contributed by atoms with van der Waals surface area (Å²) in [4.78, 5) is 21.5. The van der Waals surface area contributed by atoms with Crippen LogP contribution >= 0.6 is 0 Å². The number of halogens is 3. The van der Waals surface area contributed by atoms with Crippen LogP contribution in [0.3, 0.4) is 0 Å². The molecule has 1 amide bonds. The molecule has 1 aliphatic heterocycles. The van der Waals surface area contributed by atoms with Gasteiger partial charge < -0.3 is 10.0 Å². The Morgan fingerprint density at radius 1 is 1.42 bits per heavy atom. The lowest BCUT2D eigenvalue weighted by Gasteiger charge is -2.22. The monoisotopic (exact) mass is 341 g/mol. The Morgan fingerprint density at radius 3 is 2.71 bits per heavy atom. The Balaban J connectivity index is 2.42. The van der Waals surface area contributed by atoms with Crippen LogP contribution in [0.2, 0.25) is 0 Å². The van der Waals surface area contributed by atoms with Crippen LogP contribution in [0, 0.1) is 0 Å². The second-order valence-corrected chi connectivity index (χ2v) is 5.68. The first kappa shape index (κ1) is 18.1. The number of carbonyl (C=O) groups excluding carboxylic acids is 1. The molecule has 0 aromatic carbocycles. The molecule has 0 bridgehead atoms. The van der Waals surface area contributed by atoms with Crippen molar-refractivity contribution in [3.05, 3.63) is 41.2 Å². The van der Waals surface area contributed by atoms with Gasteiger partial charge in [0.25, 0.3) is 5.91 Å². The predicted molar refractivity (Wildman–Crippen MR) is 83.0 cm³/mol. The molecule has 2 heterocycles. The molecule has 0 saturated carbocycles. The highest BCUT2D eigenvalue weighted by molar-refractivity contribution is 6.10. The summed E-state index contributed by atoms with van der Waals surface area (Å²) in [7, 11) is 3.13. The summed E-state index contributed by atoms with van der Waals surface area (Å²) in [6.07, 6.45) is -2.21. The molecule has 0 saturated heterocycles. The molecule has 0 radical (unpaired) electrons. The summed E-state index contributed by atoms with van der Waals surface area (Å²) >= 11 is 0. The van der Waals surface area contributed by atoms with Crippen molar-refractivity contribution >= 4 is 11.6 Å². The number of aliphatic imine (C=N–C) groups is 1. The van der Waals surface area contributed by atoms with Gasteiger partial charge >= 0.3 is 6.18 Å². The van der Waals surface area contributed by atoms with Crippen molar-refractivity contribution < 1.29 is 23.1 Å². The normalized spacial score (nSPS) is 18.0. The molecule has 1 aromatic rings. The smallest absolute Gasteiger partial charge is 0.396 e. The molecule has 0 spiro atoms. The minimum absolute atomic E-state index is 0.131. The quantitative estimate of drug-likeness (QED) is 0.913. The molecule has 1 aromatic heterocycles. The van der Waals surface area contributed by atoms with E-state index in [1.54, 1.807) is 14.1 Å². The zero-order valence-corrected chi connectivity index (χ0v) is 13.3. The van der Waals surface area contributed by atoms with Gasteiger partial charge in [-0.25, -0.2) is 0 Å². The van der Waals surface area contributed by atoms with Crippen molar-refractivity contribution in [3.8, 4) is 0 Å². The van der Waals surface area contributed by atoms with E-state index in [0.29, 0.717) is 5.56 Å². The van der Waals surface area contributed by atoms with Gasteiger partial charge in [-0.3, -0.25) is 14.8 Å². The first-order chi connectivity index (χ1) is 11.2. The van der Waals surface area contributed by atoms with Crippen molar-refractivity contribution in [2.45, 2.75) is 25.1 Å². The van der Waals surface area contributed by atoms with Crippen LogP contribution in [0.5, 0.6) is 0 Å². The van der Waals surface area contributed by atoms with E-state index in [9.17, 15) is 18.0 Å². The van der Waals surface area contributed by atoms with Gasteiger partial charge in [-0.15, -0.1) is 0 Å². The second kappa shape index (κ2) is 7.12. The number of pyridine rings is 1. The highest BCUT2D eigenvalue weighted by Gasteiger charge is 2.37. The van der Waals surface area contributed by atoms with Crippen LogP contribution < -0.4 is 0 Å². The predicted octanol–water partition coefficient (Wildman–Crippen LogP) is 2.22. The molecule has 1 N–H and O–H groups in total. The maximum atomic E-state index is 13.1. The van der Waals surface area contributed by atoms with E-state index < -0.39 is 17.8 Å². The Hall–Kier alpha value is -2.22. The van der Waals surface area contributed by atoms with E-state index in [-0.39, 0.29) is 36.8 Å². The third-order valence-corrected chi connectivity index (χ3v) is 3.60. The topological polar surface area (TPSA) is 65.8 Å². The molecular formula is C16H18F3N3O2. The van der Waals surface area contributed by atoms with Gasteiger partial charge in [-0.2, -0.15) is 13.2 Å². The third-order valence-electron chi connectivity index (χ3n) is 3.60. The van der Waals surface area contributed by atoms with Crippen molar-refractivity contribution in [2.75, 3.05) is 20.7 Å². The molecular weight excluding hydrogens is 323 g/mol. The minimum Gasteiger partial charge on any atom is -0.396 e. The van der Waals surface area contributed by atoms with Gasteiger partial charge in [0.15, 0.2) is 0 Å². The number of allylic oxidation sites excluding steroid dienone is 1. The molecule has 1 aliphatic rings. The standard InChI is InChI=1S/C16H18F3N3O2/c1-22(2)15(24)14-7-10(3-5-20-14)13-9-11(16(17,18)19)8-12(21-13)4-6-23/h3,5,7,9,12,23H,4,6,8H2,1-2H3. The van der Waals surface area contributed by atoms with Crippen LogP contribution in [-0.2, 0) is 0 Å². The van der Waals surface area contributed by atoms with Crippen molar-refractivity contribution in [1.29, 1.82) is 0 Å². The number of hydrogen-bond acceptors (Lipinski definition) is 4. The average molecular weight is 341 g/mol. The van der Waals surface area contributed by atoms with Gasteiger partial charge in [-0.1, -0.05) is 0 Å². The maximum Gasteiger partial charge on any atom is 0.412 e. The van der Waals surface area contributed by atoms with E-state index in [1.165, 1.54) is 23.2 Å². The fourth-order valence-corrected chi connectivity index (χ4v) is 2.36. The number of nitrogens with zero attached hydrogens (tertiary/aromatic N) is 3. The lowest BCUT2D eigenvalue weighted by molar-refractivity contribution is -0.0947. The zero-order chi connectivity index (χ0) is 17.9. The molecule has 24 heavy (non-hydrogen) atoms. The van der Waals surface area contributed by atoms with Gasteiger partial charge in [0.1, 0.15) is 5.69 Å². The first-order valence-electron chi connectivity index (χ1n) is 7.37. The zero-order valence-electron chi connectivity index (χ0n) is 13.3. The summed E-state index contributed by atoms with van der Waals surface area (Å²) in [6, 6.07) is 2.29. The number of dihydropyridines is 1.